The molecule has 4 heterocycles. The van der Waals surface area contributed by atoms with Crippen molar-refractivity contribution in [2.45, 2.75) is 45.7 Å². The van der Waals surface area contributed by atoms with Gasteiger partial charge >= 0.3 is 0 Å². The second kappa shape index (κ2) is 8.02. The lowest BCUT2D eigenvalue weighted by molar-refractivity contribution is 0.0684. The first kappa shape index (κ1) is 21.5. The van der Waals surface area contributed by atoms with Crippen LogP contribution in [-0.4, -0.2) is 49.7 Å². The average Bonchev–Trinajstić information content (AvgIpc) is 3.16. The van der Waals surface area contributed by atoms with Crippen molar-refractivity contribution >= 4 is 39.4 Å². The number of piperidine rings is 1. The summed E-state index contributed by atoms with van der Waals surface area (Å²) in [4.78, 5) is 39.7. The predicted molar refractivity (Wildman–Crippen MR) is 134 cm³/mol. The van der Waals surface area contributed by atoms with Crippen LogP contribution in [0.25, 0.3) is 15.4 Å². The highest BCUT2D eigenvalue weighted by Crippen LogP contribution is 2.48. The Morgan fingerprint density at radius 3 is 2.85 bits per heavy atom. The van der Waals surface area contributed by atoms with Crippen LogP contribution in [-0.2, 0) is 0 Å². The largest absolute Gasteiger partial charge is 0.349 e. The monoisotopic (exact) mass is 491 g/mol. The van der Waals surface area contributed by atoms with E-state index >= 15 is 0 Å². The number of amides is 2. The van der Waals surface area contributed by atoms with Gasteiger partial charge in [-0.3, -0.25) is 14.0 Å². The topological polar surface area (TPSA) is 79.6 Å². The number of carbonyl (C=O) groups excluding carboxylic acids is 2. The maximum absolute atomic E-state index is 13.8. The molecular weight excluding hydrogens is 466 g/mol. The van der Waals surface area contributed by atoms with Crippen LogP contribution in [0.3, 0.4) is 0 Å². The molecule has 0 unspecified atom stereocenters. The second-order valence-corrected chi connectivity index (χ2v) is 11.3. The van der Waals surface area contributed by atoms with Gasteiger partial charge in [0.05, 0.1) is 21.6 Å². The lowest BCUT2D eigenvalue weighted by Gasteiger charge is -2.27. The summed E-state index contributed by atoms with van der Waals surface area (Å²) in [5.41, 5.74) is 3.99. The highest BCUT2D eigenvalue weighted by Gasteiger charge is 2.54. The van der Waals surface area contributed by atoms with E-state index in [1.54, 1.807) is 11.3 Å². The third-order valence-electron chi connectivity index (χ3n) is 6.81. The van der Waals surface area contributed by atoms with Gasteiger partial charge in [0.1, 0.15) is 11.4 Å². The maximum Gasteiger partial charge on any atom is 0.274 e. The smallest absolute Gasteiger partial charge is 0.274 e. The summed E-state index contributed by atoms with van der Waals surface area (Å²) >= 11 is 3.07. The van der Waals surface area contributed by atoms with E-state index in [9.17, 15) is 9.59 Å². The minimum Gasteiger partial charge on any atom is -0.349 e. The van der Waals surface area contributed by atoms with Crippen LogP contribution in [0, 0.1) is 26.7 Å². The number of carbonyl (C=O) groups is 2. The summed E-state index contributed by atoms with van der Waals surface area (Å²) in [6, 6.07) is 8.43. The van der Waals surface area contributed by atoms with Crippen LogP contribution < -0.4 is 5.32 Å². The summed E-state index contributed by atoms with van der Waals surface area (Å²) in [5, 5.41) is 5.88. The summed E-state index contributed by atoms with van der Waals surface area (Å²) < 4.78 is 1.83. The van der Waals surface area contributed by atoms with E-state index < -0.39 is 0 Å². The van der Waals surface area contributed by atoms with E-state index in [0.717, 1.165) is 38.8 Å². The molecule has 9 heteroatoms. The van der Waals surface area contributed by atoms with Crippen molar-refractivity contribution in [3.8, 4) is 10.4 Å². The van der Waals surface area contributed by atoms with Gasteiger partial charge in [-0.15, -0.1) is 22.7 Å². The molecular formula is C25H25N5O2S2. The highest BCUT2D eigenvalue weighted by atomic mass is 32.1. The zero-order valence-electron chi connectivity index (χ0n) is 19.2. The molecule has 7 nitrogen and oxygen atoms in total. The zero-order chi connectivity index (χ0) is 23.6. The van der Waals surface area contributed by atoms with Crippen LogP contribution in [0.15, 0.2) is 35.8 Å². The molecule has 0 spiro atoms. The molecule has 2 fully saturated rings. The van der Waals surface area contributed by atoms with Gasteiger partial charge in [0.15, 0.2) is 4.96 Å². The summed E-state index contributed by atoms with van der Waals surface area (Å²) in [6.07, 6.45) is 3.82. The number of rotatable bonds is 5. The van der Waals surface area contributed by atoms with Gasteiger partial charge < -0.3 is 10.2 Å². The second-order valence-electron chi connectivity index (χ2n) is 9.26. The Hall–Kier alpha value is -3.04. The number of hydrogen-bond acceptors (Lipinski definition) is 6. The van der Waals surface area contributed by atoms with Gasteiger partial charge in [0.25, 0.3) is 11.8 Å². The molecule has 1 saturated carbocycles. The Morgan fingerprint density at radius 2 is 2.03 bits per heavy atom. The van der Waals surface area contributed by atoms with Crippen molar-refractivity contribution in [3.05, 3.63) is 63.5 Å². The van der Waals surface area contributed by atoms with Gasteiger partial charge in [0.2, 0.25) is 0 Å². The number of imidazole rings is 1. The van der Waals surface area contributed by atoms with E-state index in [1.807, 2.05) is 46.9 Å². The predicted octanol–water partition coefficient (Wildman–Crippen LogP) is 4.48. The lowest BCUT2D eigenvalue weighted by Crippen LogP contribution is -2.45. The van der Waals surface area contributed by atoms with Gasteiger partial charge in [-0.2, -0.15) is 0 Å². The van der Waals surface area contributed by atoms with Crippen LogP contribution in [0.4, 0.5) is 0 Å². The first-order chi connectivity index (χ1) is 16.4. The standard InChI is InChI=1S/C25H25N5O2S2/c1-13-5-4-6-16(9-13)22-20(28-15(3)34-22)24(32)30-18(10-17-11-19(17)30)12-26-23(31)21-14(2)27-25-29(21)7-8-33-25/h4-9,17-19H,10-12H2,1-3H3,(H,26,31)/t17-,18+,19+/m1/s1. The van der Waals surface area contributed by atoms with Gasteiger partial charge in [-0.1, -0.05) is 29.8 Å². The quantitative estimate of drug-likeness (QED) is 0.447. The number of hydrogen-bond donors (Lipinski definition) is 1. The van der Waals surface area contributed by atoms with E-state index in [0.29, 0.717) is 29.5 Å². The number of aromatic nitrogens is 3. The van der Waals surface area contributed by atoms with Crippen LogP contribution in [0.5, 0.6) is 0 Å². The number of thiazole rings is 2. The molecule has 1 aliphatic carbocycles. The molecule has 1 aromatic carbocycles. The Balaban J connectivity index is 1.24. The van der Waals surface area contributed by atoms with Gasteiger partial charge in [-0.05, 0) is 45.1 Å². The van der Waals surface area contributed by atoms with E-state index in [-0.39, 0.29) is 23.9 Å². The van der Waals surface area contributed by atoms with Crippen LogP contribution in [0.1, 0.15) is 50.1 Å². The molecule has 2 amide bonds. The zero-order valence-corrected chi connectivity index (χ0v) is 20.9. The number of fused-ring (bicyclic) bond motifs is 2. The van der Waals surface area contributed by atoms with Crippen molar-refractivity contribution in [3.63, 3.8) is 0 Å². The van der Waals surface area contributed by atoms with Crippen molar-refractivity contribution in [2.75, 3.05) is 6.54 Å². The van der Waals surface area contributed by atoms with Crippen LogP contribution in [0.2, 0.25) is 0 Å². The molecule has 3 atom stereocenters. The third-order valence-corrected chi connectivity index (χ3v) is 8.59. The maximum atomic E-state index is 13.8. The van der Waals surface area contributed by atoms with E-state index in [1.165, 1.54) is 11.3 Å². The molecule has 174 valence electrons. The number of nitrogens with zero attached hydrogens (tertiary/aromatic N) is 4. The first-order valence-electron chi connectivity index (χ1n) is 11.5. The number of nitrogens with one attached hydrogen (secondary N) is 1. The lowest BCUT2D eigenvalue weighted by atomic mass is 10.1. The Morgan fingerprint density at radius 1 is 1.18 bits per heavy atom. The molecule has 2 aliphatic rings. The fraction of sp³-hybridized carbons (Fsp3) is 0.360. The summed E-state index contributed by atoms with van der Waals surface area (Å²) in [6.45, 7) is 6.28. The Labute approximate surface area is 205 Å². The average molecular weight is 492 g/mol. The number of likely N-dealkylation sites (tertiary alicyclic amines) is 1. The highest BCUT2D eigenvalue weighted by molar-refractivity contribution is 7.15. The van der Waals surface area contributed by atoms with Gasteiger partial charge in [-0.25, -0.2) is 9.97 Å². The van der Waals surface area contributed by atoms with E-state index in [2.05, 4.69) is 34.3 Å². The summed E-state index contributed by atoms with van der Waals surface area (Å²) in [5.74, 6) is 0.348. The molecule has 0 bridgehead atoms. The van der Waals surface area contributed by atoms with Gasteiger partial charge in [0, 0.05) is 24.2 Å². The fourth-order valence-corrected chi connectivity index (χ4v) is 6.86. The fourth-order valence-electron chi connectivity index (χ4n) is 5.20. The molecule has 4 aromatic rings. The minimum atomic E-state index is -0.152. The molecule has 1 aliphatic heterocycles. The molecule has 1 N–H and O–H groups in total. The SMILES string of the molecule is Cc1cccc(-c2sc(C)nc2C(=O)N2[C@H](CNC(=O)c3c(C)nc4sccn34)C[C@@H]3C[C@@H]32)c1. The van der Waals surface area contributed by atoms with Crippen molar-refractivity contribution in [1.82, 2.24) is 24.6 Å². The van der Waals surface area contributed by atoms with Crippen molar-refractivity contribution in [1.29, 1.82) is 0 Å². The van der Waals surface area contributed by atoms with Crippen molar-refractivity contribution in [2.24, 2.45) is 5.92 Å². The van der Waals surface area contributed by atoms with Crippen molar-refractivity contribution < 1.29 is 9.59 Å². The third kappa shape index (κ3) is 3.54. The normalized spacial score (nSPS) is 21.1. The molecule has 0 radical (unpaired) electrons. The molecule has 1 saturated heterocycles. The number of benzene rings is 1. The Kier molecular flexibility index (Phi) is 5.07. The number of aryl methyl sites for hydroxylation is 3. The molecule has 3 aromatic heterocycles. The minimum absolute atomic E-state index is 0.0223. The summed E-state index contributed by atoms with van der Waals surface area (Å²) in [7, 11) is 0. The molecule has 6 rings (SSSR count). The van der Waals surface area contributed by atoms with E-state index in [4.69, 9.17) is 0 Å². The van der Waals surface area contributed by atoms with Crippen LogP contribution >= 0.6 is 22.7 Å². The first-order valence-corrected chi connectivity index (χ1v) is 13.2. The Bertz CT molecular complexity index is 1430. The molecule has 34 heavy (non-hydrogen) atoms.